The summed E-state index contributed by atoms with van der Waals surface area (Å²) in [6.07, 6.45) is 2.90. The molecule has 4 rings (SSSR count). The number of urea groups is 1. The highest BCUT2D eigenvalue weighted by Crippen LogP contribution is 2.36. The highest BCUT2D eigenvalue weighted by atomic mass is 35.5. The molecule has 0 bridgehead atoms. The van der Waals surface area contributed by atoms with Gasteiger partial charge in [-0.05, 0) is 18.2 Å². The van der Waals surface area contributed by atoms with E-state index in [4.69, 9.17) is 21.1 Å². The zero-order chi connectivity index (χ0) is 22.0. The number of carbonyl (C=O) groups excluding carboxylic acids is 1. The lowest BCUT2D eigenvalue weighted by atomic mass is 10.2. The van der Waals surface area contributed by atoms with E-state index in [2.05, 4.69) is 25.7 Å². The number of fused-ring (bicyclic) bond motifs is 1. The number of amides is 2. The molecular weight excluding hydrogens is 424 g/mol. The van der Waals surface area contributed by atoms with Crippen molar-refractivity contribution in [3.05, 3.63) is 53.9 Å². The molecule has 0 aliphatic rings. The molecule has 10 nitrogen and oxygen atoms in total. The summed E-state index contributed by atoms with van der Waals surface area (Å²) in [6.45, 7) is 0. The van der Waals surface area contributed by atoms with Gasteiger partial charge in [0.15, 0.2) is 11.5 Å². The maximum Gasteiger partial charge on any atom is 0.324 e. The van der Waals surface area contributed by atoms with Crippen LogP contribution in [-0.4, -0.2) is 38.0 Å². The van der Waals surface area contributed by atoms with E-state index in [1.807, 2.05) is 0 Å². The fourth-order valence-corrected chi connectivity index (χ4v) is 3.05. The lowest BCUT2D eigenvalue weighted by Crippen LogP contribution is -2.21. The predicted molar refractivity (Wildman–Crippen MR) is 115 cm³/mol. The molecule has 0 atom stereocenters. The maximum absolute atomic E-state index is 12.2. The number of hydrogen-bond donors (Lipinski definition) is 3. The Morgan fingerprint density at radius 2 is 2.00 bits per heavy atom. The summed E-state index contributed by atoms with van der Waals surface area (Å²) in [4.78, 5) is 20.5. The molecule has 0 unspecified atom stereocenters. The second kappa shape index (κ2) is 8.36. The average Bonchev–Trinajstić information content (AvgIpc) is 3.14. The summed E-state index contributed by atoms with van der Waals surface area (Å²) >= 11 is 6.31. The number of methoxy groups -OCH3 is 1. The van der Waals surface area contributed by atoms with Crippen LogP contribution in [0.1, 0.15) is 0 Å². The van der Waals surface area contributed by atoms with Gasteiger partial charge in [-0.25, -0.2) is 14.8 Å². The summed E-state index contributed by atoms with van der Waals surface area (Å²) in [5.74, 6) is 1.42. The van der Waals surface area contributed by atoms with Crippen molar-refractivity contribution in [3.8, 4) is 23.1 Å². The number of hydrogen-bond acceptors (Lipinski definition) is 7. The molecule has 0 aliphatic heterocycles. The lowest BCUT2D eigenvalue weighted by molar-refractivity contribution is 0.262. The minimum atomic E-state index is -0.465. The van der Waals surface area contributed by atoms with Crippen LogP contribution in [0.4, 0.5) is 16.3 Å². The van der Waals surface area contributed by atoms with Crippen molar-refractivity contribution in [1.29, 1.82) is 0 Å². The fourth-order valence-electron chi connectivity index (χ4n) is 2.83. The molecule has 0 radical (unpaired) electrons. The maximum atomic E-state index is 12.2. The third-order valence-electron chi connectivity index (χ3n) is 4.37. The topological polar surface area (TPSA) is 123 Å². The molecule has 0 aliphatic carbocycles. The number of nitrogens with one attached hydrogen (secondary N) is 2. The van der Waals surface area contributed by atoms with Gasteiger partial charge in [0.25, 0.3) is 0 Å². The van der Waals surface area contributed by atoms with E-state index in [1.165, 1.54) is 24.2 Å². The molecular formula is C20H17ClN6O4. The minimum absolute atomic E-state index is 0.0393. The summed E-state index contributed by atoms with van der Waals surface area (Å²) in [5, 5.41) is 20.1. The van der Waals surface area contributed by atoms with E-state index in [0.717, 1.165) is 0 Å². The van der Waals surface area contributed by atoms with E-state index in [0.29, 0.717) is 28.2 Å². The Labute approximate surface area is 181 Å². The largest absolute Gasteiger partial charge is 0.504 e. The number of anilines is 2. The third kappa shape index (κ3) is 4.28. The van der Waals surface area contributed by atoms with E-state index in [1.54, 1.807) is 43.6 Å². The summed E-state index contributed by atoms with van der Waals surface area (Å²) in [6, 6.07) is 9.04. The standard InChI is InChI=1S/C20H17ClN6O4/c1-27-18(5-6-24-27)26-20(29)25-14-4-3-11(7-13(14)21)31-19-12-8-17(30-2)16(28)9-15(12)22-10-23-19/h3-10,28H,1-2H3,(H2,25,26,29). The quantitative estimate of drug-likeness (QED) is 0.425. The molecule has 2 heterocycles. The van der Waals surface area contributed by atoms with Crippen LogP contribution in [-0.2, 0) is 7.05 Å². The Morgan fingerprint density at radius 1 is 1.16 bits per heavy atom. The first-order valence-corrected chi connectivity index (χ1v) is 9.37. The van der Waals surface area contributed by atoms with Gasteiger partial charge in [-0.15, -0.1) is 0 Å². The second-order valence-electron chi connectivity index (χ2n) is 6.38. The summed E-state index contributed by atoms with van der Waals surface area (Å²) < 4.78 is 12.5. The molecule has 31 heavy (non-hydrogen) atoms. The first-order valence-electron chi connectivity index (χ1n) is 8.99. The first kappa shape index (κ1) is 20.2. The highest BCUT2D eigenvalue weighted by molar-refractivity contribution is 6.34. The number of aromatic nitrogens is 4. The number of halogens is 1. The predicted octanol–water partition coefficient (Wildman–Crippen LogP) is 4.17. The molecule has 0 saturated carbocycles. The number of rotatable bonds is 5. The van der Waals surface area contributed by atoms with Gasteiger partial charge in [0.2, 0.25) is 5.88 Å². The van der Waals surface area contributed by atoms with Crippen LogP contribution in [0.3, 0.4) is 0 Å². The Hall–Kier alpha value is -4.05. The molecule has 2 aromatic carbocycles. The smallest absolute Gasteiger partial charge is 0.324 e. The number of nitrogens with zero attached hydrogens (tertiary/aromatic N) is 4. The van der Waals surface area contributed by atoms with E-state index in [9.17, 15) is 9.90 Å². The lowest BCUT2D eigenvalue weighted by Gasteiger charge is -2.12. The van der Waals surface area contributed by atoms with Crippen LogP contribution >= 0.6 is 11.6 Å². The van der Waals surface area contributed by atoms with Gasteiger partial charge in [0, 0.05) is 25.2 Å². The number of ether oxygens (including phenoxy) is 2. The number of phenolic OH excluding ortho intramolecular Hbond substituents is 1. The fraction of sp³-hybridized carbons (Fsp3) is 0.100. The van der Waals surface area contributed by atoms with Crippen LogP contribution < -0.4 is 20.1 Å². The number of phenols is 1. The third-order valence-corrected chi connectivity index (χ3v) is 4.68. The number of aromatic hydroxyl groups is 1. The van der Waals surface area contributed by atoms with Gasteiger partial charge in [-0.1, -0.05) is 11.6 Å². The van der Waals surface area contributed by atoms with Crippen molar-refractivity contribution in [2.75, 3.05) is 17.7 Å². The van der Waals surface area contributed by atoms with Crippen molar-refractivity contribution in [2.24, 2.45) is 7.05 Å². The van der Waals surface area contributed by atoms with Gasteiger partial charge >= 0.3 is 6.03 Å². The Balaban J connectivity index is 1.53. The van der Waals surface area contributed by atoms with Crippen LogP contribution in [0.5, 0.6) is 23.1 Å². The van der Waals surface area contributed by atoms with Crippen molar-refractivity contribution in [3.63, 3.8) is 0 Å². The molecule has 11 heteroatoms. The van der Waals surface area contributed by atoms with Crippen molar-refractivity contribution < 1.29 is 19.4 Å². The number of carbonyl (C=O) groups is 1. The molecule has 4 aromatic rings. The van der Waals surface area contributed by atoms with Crippen LogP contribution in [0.15, 0.2) is 48.9 Å². The van der Waals surface area contributed by atoms with Crippen molar-refractivity contribution in [1.82, 2.24) is 19.7 Å². The number of aryl methyl sites for hydroxylation is 1. The van der Waals surface area contributed by atoms with E-state index < -0.39 is 6.03 Å². The summed E-state index contributed by atoms with van der Waals surface area (Å²) in [7, 11) is 3.16. The summed E-state index contributed by atoms with van der Waals surface area (Å²) in [5.41, 5.74) is 0.882. The second-order valence-corrected chi connectivity index (χ2v) is 6.79. The molecule has 0 saturated heterocycles. The van der Waals surface area contributed by atoms with Crippen LogP contribution in [0.25, 0.3) is 10.9 Å². The Bertz CT molecular complexity index is 1280. The average molecular weight is 441 g/mol. The van der Waals surface area contributed by atoms with Gasteiger partial charge in [-0.3, -0.25) is 10.00 Å². The van der Waals surface area contributed by atoms with Gasteiger partial charge < -0.3 is 19.9 Å². The SMILES string of the molecule is COc1cc2c(Oc3ccc(NC(=O)Nc4ccnn4C)c(Cl)c3)ncnc2cc1O. The molecule has 3 N–H and O–H groups in total. The molecule has 158 valence electrons. The van der Waals surface area contributed by atoms with E-state index >= 15 is 0 Å². The molecule has 2 aromatic heterocycles. The molecule has 0 spiro atoms. The van der Waals surface area contributed by atoms with Crippen molar-refractivity contribution >= 4 is 40.0 Å². The van der Waals surface area contributed by atoms with E-state index in [-0.39, 0.29) is 22.4 Å². The number of benzene rings is 2. The van der Waals surface area contributed by atoms with Crippen molar-refractivity contribution in [2.45, 2.75) is 0 Å². The molecule has 0 fully saturated rings. The Morgan fingerprint density at radius 3 is 2.71 bits per heavy atom. The van der Waals surface area contributed by atoms with Gasteiger partial charge in [0.05, 0.1) is 34.9 Å². The first-order chi connectivity index (χ1) is 14.9. The van der Waals surface area contributed by atoms with Crippen LogP contribution in [0.2, 0.25) is 5.02 Å². The highest BCUT2D eigenvalue weighted by Gasteiger charge is 2.13. The zero-order valence-electron chi connectivity index (χ0n) is 16.5. The van der Waals surface area contributed by atoms with Gasteiger partial charge in [0.1, 0.15) is 17.9 Å². The minimum Gasteiger partial charge on any atom is -0.504 e. The normalized spacial score (nSPS) is 10.7. The zero-order valence-corrected chi connectivity index (χ0v) is 17.2. The monoisotopic (exact) mass is 440 g/mol. The Kier molecular flexibility index (Phi) is 5.46. The van der Waals surface area contributed by atoms with Gasteiger partial charge in [-0.2, -0.15) is 5.10 Å². The van der Waals surface area contributed by atoms with Crippen LogP contribution in [0, 0.1) is 0 Å². The molecule has 2 amide bonds.